The third-order valence-corrected chi connectivity index (χ3v) is 5.35. The molecule has 144 valence electrons. The van der Waals surface area contributed by atoms with Crippen LogP contribution in [0.5, 0.6) is 5.75 Å². The Morgan fingerprint density at radius 2 is 2.07 bits per heavy atom. The van der Waals surface area contributed by atoms with Crippen LogP contribution in [-0.4, -0.2) is 23.6 Å². The molecule has 3 rings (SSSR count). The first-order valence-electron chi connectivity index (χ1n) is 8.09. The Labute approximate surface area is 175 Å². The van der Waals surface area contributed by atoms with Crippen molar-refractivity contribution >= 4 is 63.7 Å². The van der Waals surface area contributed by atoms with Crippen molar-refractivity contribution in [3.8, 4) is 5.75 Å². The average molecular weight is 436 g/mol. The number of nitrogens with one attached hydrogen (secondary N) is 1. The highest BCUT2D eigenvalue weighted by Gasteiger charge is 2.24. The van der Waals surface area contributed by atoms with Crippen LogP contribution in [0.2, 0.25) is 10.0 Å². The van der Waals surface area contributed by atoms with Crippen molar-refractivity contribution < 1.29 is 14.3 Å². The number of hydrogen-bond donors (Lipinski definition) is 2. The molecule has 2 aromatic carbocycles. The molecule has 0 saturated carbocycles. The molecule has 0 radical (unpaired) electrons. The largest absolute Gasteiger partial charge is 0.482 e. The van der Waals surface area contributed by atoms with E-state index in [2.05, 4.69) is 10.3 Å². The van der Waals surface area contributed by atoms with E-state index in [1.54, 1.807) is 36.4 Å². The van der Waals surface area contributed by atoms with E-state index in [9.17, 15) is 9.59 Å². The molecule has 0 spiro atoms. The summed E-state index contributed by atoms with van der Waals surface area (Å²) in [6.07, 6.45) is 1.69. The zero-order valence-electron chi connectivity index (χ0n) is 14.7. The molecule has 1 aliphatic rings. The number of nitrogens with zero attached hydrogens (tertiary/aromatic N) is 1. The van der Waals surface area contributed by atoms with E-state index in [-0.39, 0.29) is 12.5 Å². The maximum Gasteiger partial charge on any atom is 0.264 e. The molecule has 1 saturated heterocycles. The second-order valence-corrected chi connectivity index (χ2v) is 7.66. The second-order valence-electron chi connectivity index (χ2n) is 5.81. The minimum atomic E-state index is -0.594. The molecule has 0 aliphatic carbocycles. The fraction of sp³-hybridized carbons (Fsp3) is 0.105. The molecule has 0 atom stereocenters. The number of halogens is 2. The Balaban J connectivity index is 1.79. The Morgan fingerprint density at radius 1 is 1.29 bits per heavy atom. The van der Waals surface area contributed by atoms with Crippen molar-refractivity contribution in [1.82, 2.24) is 5.32 Å². The van der Waals surface area contributed by atoms with Crippen LogP contribution in [0, 0.1) is 6.92 Å². The summed E-state index contributed by atoms with van der Waals surface area (Å²) in [6.45, 7) is 1.60. The van der Waals surface area contributed by atoms with Gasteiger partial charge in [0.25, 0.3) is 11.8 Å². The number of amides is 2. The molecule has 0 aromatic heterocycles. The summed E-state index contributed by atoms with van der Waals surface area (Å²) in [6, 6.07) is 10.4. The topological polar surface area (TPSA) is 93.8 Å². The van der Waals surface area contributed by atoms with Crippen LogP contribution >= 0.6 is 35.0 Å². The molecule has 1 aliphatic heterocycles. The van der Waals surface area contributed by atoms with Gasteiger partial charge in [0.15, 0.2) is 11.8 Å². The highest BCUT2D eigenvalue weighted by Crippen LogP contribution is 2.32. The number of ether oxygens (including phenoxy) is 1. The predicted molar refractivity (Wildman–Crippen MR) is 113 cm³/mol. The van der Waals surface area contributed by atoms with Gasteiger partial charge < -0.3 is 15.8 Å². The number of amidine groups is 1. The summed E-state index contributed by atoms with van der Waals surface area (Å²) in [5, 5.41) is 4.12. The number of carbonyl (C=O) groups excluding carboxylic acids is 2. The standard InChI is InChI=1S/C19H15Cl2N3O3S/c1-10-12(20)3-2-4-14(10)23-19-24-18(26)16(28-19)8-11-5-6-15(13(21)7-11)27-9-17(22)25/h2-8H,9H2,1H3,(H2,22,25)(H,23,24,26). The number of hydrogen-bond acceptors (Lipinski definition) is 5. The Bertz CT molecular complexity index is 1020. The zero-order chi connectivity index (χ0) is 20.3. The van der Waals surface area contributed by atoms with Crippen molar-refractivity contribution in [3.63, 3.8) is 0 Å². The van der Waals surface area contributed by atoms with Gasteiger partial charge >= 0.3 is 0 Å². The van der Waals surface area contributed by atoms with Crippen molar-refractivity contribution in [2.24, 2.45) is 10.7 Å². The maximum absolute atomic E-state index is 12.2. The normalized spacial score (nSPS) is 16.5. The SMILES string of the molecule is Cc1c(Cl)cccc1N=C1NC(=O)C(=Cc2ccc(OCC(N)=O)c(Cl)c2)S1. The third kappa shape index (κ3) is 4.86. The Kier molecular flexibility index (Phi) is 6.28. The molecular weight excluding hydrogens is 421 g/mol. The lowest BCUT2D eigenvalue weighted by Crippen LogP contribution is -2.20. The molecule has 28 heavy (non-hydrogen) atoms. The average Bonchev–Trinajstić information content (AvgIpc) is 2.97. The summed E-state index contributed by atoms with van der Waals surface area (Å²) in [7, 11) is 0. The molecule has 0 bridgehead atoms. The number of nitrogens with two attached hydrogens (primary N) is 1. The van der Waals surface area contributed by atoms with Gasteiger partial charge in [0, 0.05) is 5.02 Å². The van der Waals surface area contributed by atoms with Crippen LogP contribution in [0.3, 0.4) is 0 Å². The number of rotatable bonds is 5. The van der Waals surface area contributed by atoms with Crippen molar-refractivity contribution in [2.45, 2.75) is 6.92 Å². The second kappa shape index (κ2) is 8.68. The van der Waals surface area contributed by atoms with Gasteiger partial charge in [-0.3, -0.25) is 9.59 Å². The Hall–Kier alpha value is -2.48. The molecule has 1 heterocycles. The van der Waals surface area contributed by atoms with Gasteiger partial charge in [0.05, 0.1) is 15.6 Å². The predicted octanol–water partition coefficient (Wildman–Crippen LogP) is 4.06. The minimum absolute atomic E-state index is 0.256. The smallest absolute Gasteiger partial charge is 0.264 e. The molecule has 0 unspecified atom stereocenters. The van der Waals surface area contributed by atoms with Crippen LogP contribution in [0.1, 0.15) is 11.1 Å². The van der Waals surface area contributed by atoms with Gasteiger partial charge in [-0.05, 0) is 60.2 Å². The number of carbonyl (C=O) groups is 2. The van der Waals surface area contributed by atoms with Gasteiger partial charge in [0.2, 0.25) is 0 Å². The summed E-state index contributed by atoms with van der Waals surface area (Å²) in [4.78, 5) is 28.0. The molecular formula is C19H15Cl2N3O3S. The zero-order valence-corrected chi connectivity index (χ0v) is 17.0. The van der Waals surface area contributed by atoms with E-state index in [4.69, 9.17) is 33.7 Å². The van der Waals surface area contributed by atoms with Crippen LogP contribution in [0.25, 0.3) is 6.08 Å². The fourth-order valence-electron chi connectivity index (χ4n) is 2.33. The fourth-order valence-corrected chi connectivity index (χ4v) is 3.58. The summed E-state index contributed by atoms with van der Waals surface area (Å²) in [5.41, 5.74) is 7.28. The number of benzene rings is 2. The summed E-state index contributed by atoms with van der Waals surface area (Å²) in [5.74, 6) is -0.513. The van der Waals surface area contributed by atoms with Crippen molar-refractivity contribution in [1.29, 1.82) is 0 Å². The third-order valence-electron chi connectivity index (χ3n) is 3.74. The summed E-state index contributed by atoms with van der Waals surface area (Å²) >= 11 is 13.5. The number of aliphatic imine (C=N–C) groups is 1. The first-order chi connectivity index (χ1) is 13.3. The lowest BCUT2D eigenvalue weighted by Gasteiger charge is -2.06. The van der Waals surface area contributed by atoms with Crippen LogP contribution in [-0.2, 0) is 9.59 Å². The van der Waals surface area contributed by atoms with E-state index in [1.807, 2.05) is 13.0 Å². The van der Waals surface area contributed by atoms with E-state index in [0.29, 0.717) is 37.1 Å². The van der Waals surface area contributed by atoms with Gasteiger partial charge in [-0.1, -0.05) is 35.3 Å². The van der Waals surface area contributed by atoms with Crippen LogP contribution < -0.4 is 15.8 Å². The number of thioether (sulfide) groups is 1. The van der Waals surface area contributed by atoms with Gasteiger partial charge in [0.1, 0.15) is 5.75 Å². The van der Waals surface area contributed by atoms with E-state index in [0.717, 1.165) is 5.56 Å². The van der Waals surface area contributed by atoms with E-state index in [1.165, 1.54) is 11.8 Å². The molecule has 2 aromatic rings. The molecule has 2 amide bonds. The molecule has 6 nitrogen and oxygen atoms in total. The molecule has 1 fully saturated rings. The van der Waals surface area contributed by atoms with Crippen molar-refractivity contribution in [3.05, 3.63) is 62.5 Å². The lowest BCUT2D eigenvalue weighted by atomic mass is 10.2. The molecule has 9 heteroatoms. The summed E-state index contributed by atoms with van der Waals surface area (Å²) < 4.78 is 5.21. The molecule has 3 N–H and O–H groups in total. The quantitative estimate of drug-likeness (QED) is 0.692. The minimum Gasteiger partial charge on any atom is -0.482 e. The van der Waals surface area contributed by atoms with E-state index >= 15 is 0 Å². The monoisotopic (exact) mass is 435 g/mol. The van der Waals surface area contributed by atoms with Crippen LogP contribution in [0.4, 0.5) is 5.69 Å². The van der Waals surface area contributed by atoms with Gasteiger partial charge in [-0.25, -0.2) is 4.99 Å². The van der Waals surface area contributed by atoms with Gasteiger partial charge in [-0.2, -0.15) is 0 Å². The highest BCUT2D eigenvalue weighted by molar-refractivity contribution is 8.18. The van der Waals surface area contributed by atoms with E-state index < -0.39 is 5.91 Å². The lowest BCUT2D eigenvalue weighted by molar-refractivity contribution is -0.120. The van der Waals surface area contributed by atoms with Crippen LogP contribution in [0.15, 0.2) is 46.3 Å². The van der Waals surface area contributed by atoms with Crippen molar-refractivity contribution in [2.75, 3.05) is 6.61 Å². The first-order valence-corrected chi connectivity index (χ1v) is 9.66. The Morgan fingerprint density at radius 3 is 2.79 bits per heavy atom. The first kappa shape index (κ1) is 20.3. The maximum atomic E-state index is 12.2. The highest BCUT2D eigenvalue weighted by atomic mass is 35.5. The number of primary amides is 1. The van der Waals surface area contributed by atoms with Gasteiger partial charge in [-0.15, -0.1) is 0 Å².